The van der Waals surface area contributed by atoms with Crippen LogP contribution in [0.25, 0.3) is 27.6 Å². The van der Waals surface area contributed by atoms with Gasteiger partial charge in [-0.25, -0.2) is 9.97 Å². The second-order valence-corrected chi connectivity index (χ2v) is 6.58. The number of hydrogen-bond donors (Lipinski definition) is 0. The lowest BCUT2D eigenvalue weighted by Gasteiger charge is -2.14. The molecular weight excluding hydrogens is 370 g/mol. The summed E-state index contributed by atoms with van der Waals surface area (Å²) in [6, 6.07) is 9.08. The van der Waals surface area contributed by atoms with Gasteiger partial charge in [0.05, 0.1) is 26.2 Å². The van der Waals surface area contributed by atoms with Crippen LogP contribution in [-0.4, -0.2) is 38.1 Å². The van der Waals surface area contributed by atoms with Gasteiger partial charge in [-0.15, -0.1) is 0 Å². The summed E-state index contributed by atoms with van der Waals surface area (Å²) < 4.78 is 14.3. The number of benzene rings is 1. The molecule has 0 radical (unpaired) electrons. The number of aromatic nitrogens is 5. The average molecular weight is 387 g/mol. The van der Waals surface area contributed by atoms with E-state index in [1.54, 1.807) is 55.8 Å². The fraction of sp³-hybridized carbons (Fsp3) is 0.143. The Hall–Kier alpha value is -3.94. The van der Waals surface area contributed by atoms with Crippen LogP contribution in [0.15, 0.2) is 60.0 Å². The molecule has 0 aliphatic carbocycles. The van der Waals surface area contributed by atoms with Gasteiger partial charge in [-0.05, 0) is 24.3 Å². The van der Waals surface area contributed by atoms with Gasteiger partial charge in [0.15, 0.2) is 0 Å². The van der Waals surface area contributed by atoms with Gasteiger partial charge in [0.2, 0.25) is 0 Å². The second kappa shape index (κ2) is 6.59. The van der Waals surface area contributed by atoms with Crippen LogP contribution in [0, 0.1) is 0 Å². The van der Waals surface area contributed by atoms with Crippen LogP contribution in [0.3, 0.4) is 0 Å². The van der Waals surface area contributed by atoms with Crippen molar-refractivity contribution >= 4 is 27.6 Å². The van der Waals surface area contributed by atoms with Crippen molar-refractivity contribution in [1.29, 1.82) is 0 Å². The fourth-order valence-corrected chi connectivity index (χ4v) is 3.64. The fourth-order valence-electron chi connectivity index (χ4n) is 3.64. The van der Waals surface area contributed by atoms with Gasteiger partial charge in [0, 0.05) is 35.6 Å². The minimum atomic E-state index is -0.126. The summed E-state index contributed by atoms with van der Waals surface area (Å²) in [6.45, 7) is 0.309. The molecule has 5 rings (SSSR count). The van der Waals surface area contributed by atoms with Crippen molar-refractivity contribution < 1.29 is 9.47 Å². The van der Waals surface area contributed by atoms with Gasteiger partial charge in [-0.3, -0.25) is 18.7 Å². The van der Waals surface area contributed by atoms with Crippen LogP contribution in [0.2, 0.25) is 0 Å². The van der Waals surface area contributed by atoms with Crippen molar-refractivity contribution in [1.82, 2.24) is 23.9 Å². The molecule has 0 aliphatic heterocycles. The number of hydrogen-bond acceptors (Lipinski definition) is 6. The van der Waals surface area contributed by atoms with E-state index < -0.39 is 0 Å². The van der Waals surface area contributed by atoms with Crippen molar-refractivity contribution in [3.63, 3.8) is 0 Å². The van der Waals surface area contributed by atoms with E-state index >= 15 is 0 Å². The number of fused-ring (bicyclic) bond motifs is 5. The minimum absolute atomic E-state index is 0.126. The van der Waals surface area contributed by atoms with Gasteiger partial charge >= 0.3 is 0 Å². The van der Waals surface area contributed by atoms with E-state index in [4.69, 9.17) is 14.5 Å². The Morgan fingerprint density at radius 2 is 1.86 bits per heavy atom. The second-order valence-electron chi connectivity index (χ2n) is 6.58. The van der Waals surface area contributed by atoms with Crippen LogP contribution in [0.4, 0.5) is 0 Å². The van der Waals surface area contributed by atoms with Crippen LogP contribution in [-0.2, 0) is 6.54 Å². The zero-order valence-corrected chi connectivity index (χ0v) is 15.9. The molecule has 0 saturated carbocycles. The molecule has 0 atom stereocenters. The third kappa shape index (κ3) is 2.60. The molecule has 4 heterocycles. The van der Waals surface area contributed by atoms with Crippen LogP contribution >= 0.6 is 0 Å². The Balaban J connectivity index is 1.85. The van der Waals surface area contributed by atoms with Crippen molar-refractivity contribution in [3.05, 3.63) is 71.2 Å². The Morgan fingerprint density at radius 1 is 1.00 bits per heavy atom. The average Bonchev–Trinajstić information content (AvgIpc) is 3.16. The maximum Gasteiger partial charge on any atom is 0.260 e. The molecule has 8 heteroatoms. The SMILES string of the molecule is COc1ccc(Cn2c(=O)c3ccncc3c3nc4ccncn4c32)c(OC)c1. The Bertz CT molecular complexity index is 1440. The normalized spacial score (nSPS) is 11.4. The van der Waals surface area contributed by atoms with Gasteiger partial charge in [-0.2, -0.15) is 0 Å². The van der Waals surface area contributed by atoms with Gasteiger partial charge in [0.1, 0.15) is 34.6 Å². The smallest absolute Gasteiger partial charge is 0.260 e. The lowest BCUT2D eigenvalue weighted by Crippen LogP contribution is -2.22. The molecule has 0 amide bonds. The zero-order valence-electron chi connectivity index (χ0n) is 15.9. The molecule has 0 saturated heterocycles. The number of imidazole rings is 1. The molecule has 0 unspecified atom stereocenters. The number of pyridine rings is 2. The topological polar surface area (TPSA) is 83.5 Å². The van der Waals surface area contributed by atoms with E-state index in [0.717, 1.165) is 5.56 Å². The molecule has 8 nitrogen and oxygen atoms in total. The van der Waals surface area contributed by atoms with E-state index in [1.165, 1.54) is 0 Å². The van der Waals surface area contributed by atoms with Crippen molar-refractivity contribution in [2.45, 2.75) is 6.54 Å². The maximum atomic E-state index is 13.4. The molecule has 144 valence electrons. The molecule has 4 aromatic heterocycles. The minimum Gasteiger partial charge on any atom is -0.497 e. The summed E-state index contributed by atoms with van der Waals surface area (Å²) in [6.07, 6.45) is 6.63. The Kier molecular flexibility index (Phi) is 3.90. The number of methoxy groups -OCH3 is 2. The third-order valence-corrected chi connectivity index (χ3v) is 5.04. The van der Waals surface area contributed by atoms with Crippen molar-refractivity contribution in [3.8, 4) is 11.5 Å². The van der Waals surface area contributed by atoms with E-state index in [0.29, 0.717) is 45.6 Å². The molecule has 29 heavy (non-hydrogen) atoms. The predicted octanol–water partition coefficient (Wildman–Crippen LogP) is 2.66. The summed E-state index contributed by atoms with van der Waals surface area (Å²) in [5.74, 6) is 1.33. The highest BCUT2D eigenvalue weighted by molar-refractivity contribution is 6.03. The highest BCUT2D eigenvalue weighted by Gasteiger charge is 2.18. The quantitative estimate of drug-likeness (QED) is 0.471. The van der Waals surface area contributed by atoms with E-state index in [-0.39, 0.29) is 5.56 Å². The molecule has 5 aromatic rings. The molecule has 0 spiro atoms. The standard InChI is InChI=1S/C21H17N5O3/c1-28-14-4-3-13(17(9-14)29-2)11-25-20-19(24-18-6-8-23-12-26(18)20)16-10-22-7-5-15(16)21(25)27/h3-10,12H,11H2,1-2H3. The molecule has 0 aliphatic rings. The van der Waals surface area contributed by atoms with E-state index in [2.05, 4.69) is 9.97 Å². The van der Waals surface area contributed by atoms with Crippen molar-refractivity contribution in [2.24, 2.45) is 0 Å². The van der Waals surface area contributed by atoms with E-state index in [1.807, 2.05) is 22.6 Å². The van der Waals surface area contributed by atoms with Crippen LogP contribution < -0.4 is 15.0 Å². The first-order valence-corrected chi connectivity index (χ1v) is 9.00. The van der Waals surface area contributed by atoms with Crippen LogP contribution in [0.5, 0.6) is 11.5 Å². The molecule has 1 aromatic carbocycles. The summed E-state index contributed by atoms with van der Waals surface area (Å²) in [7, 11) is 3.20. The first kappa shape index (κ1) is 17.2. The summed E-state index contributed by atoms with van der Waals surface area (Å²) in [5, 5.41) is 1.28. The Morgan fingerprint density at radius 3 is 2.69 bits per heavy atom. The first-order valence-electron chi connectivity index (χ1n) is 9.00. The highest BCUT2D eigenvalue weighted by Crippen LogP contribution is 2.28. The molecule has 0 fully saturated rings. The number of rotatable bonds is 4. The maximum absolute atomic E-state index is 13.4. The largest absolute Gasteiger partial charge is 0.497 e. The first-order chi connectivity index (χ1) is 14.2. The summed E-state index contributed by atoms with van der Waals surface area (Å²) >= 11 is 0. The third-order valence-electron chi connectivity index (χ3n) is 5.04. The molecular formula is C21H17N5O3. The lowest BCUT2D eigenvalue weighted by molar-refractivity contribution is 0.390. The number of nitrogens with zero attached hydrogens (tertiary/aromatic N) is 5. The summed E-state index contributed by atoms with van der Waals surface area (Å²) in [5.41, 5.74) is 2.80. The van der Waals surface area contributed by atoms with Gasteiger partial charge < -0.3 is 9.47 Å². The predicted molar refractivity (Wildman–Crippen MR) is 109 cm³/mol. The summed E-state index contributed by atoms with van der Waals surface area (Å²) in [4.78, 5) is 26.5. The van der Waals surface area contributed by atoms with Gasteiger partial charge in [0.25, 0.3) is 5.56 Å². The van der Waals surface area contributed by atoms with Gasteiger partial charge in [-0.1, -0.05) is 0 Å². The zero-order chi connectivity index (χ0) is 20.0. The number of ether oxygens (including phenoxy) is 2. The highest BCUT2D eigenvalue weighted by atomic mass is 16.5. The Labute approximate surface area is 165 Å². The van der Waals surface area contributed by atoms with Crippen molar-refractivity contribution in [2.75, 3.05) is 14.2 Å². The molecule has 0 bridgehead atoms. The molecule has 0 N–H and O–H groups in total. The monoisotopic (exact) mass is 387 g/mol. The van der Waals surface area contributed by atoms with E-state index in [9.17, 15) is 4.79 Å². The lowest BCUT2D eigenvalue weighted by atomic mass is 10.1. The van der Waals surface area contributed by atoms with Crippen LogP contribution in [0.1, 0.15) is 5.56 Å².